The third kappa shape index (κ3) is 3.01. The molecular formula is C14H17BrN4O. The van der Waals surface area contributed by atoms with Gasteiger partial charge in [-0.15, -0.1) is 0 Å². The van der Waals surface area contributed by atoms with E-state index in [1.165, 1.54) is 0 Å². The summed E-state index contributed by atoms with van der Waals surface area (Å²) in [7, 11) is 0. The Morgan fingerprint density at radius 1 is 1.45 bits per heavy atom. The van der Waals surface area contributed by atoms with E-state index in [9.17, 15) is 4.79 Å². The van der Waals surface area contributed by atoms with Crippen LogP contribution in [0.4, 0.5) is 11.4 Å². The van der Waals surface area contributed by atoms with Gasteiger partial charge in [-0.3, -0.25) is 4.79 Å². The Balaban J connectivity index is 2.28. The van der Waals surface area contributed by atoms with Crippen molar-refractivity contribution in [2.45, 2.75) is 26.8 Å². The van der Waals surface area contributed by atoms with Crippen LogP contribution in [0.5, 0.6) is 0 Å². The zero-order chi connectivity index (χ0) is 14.9. The summed E-state index contributed by atoms with van der Waals surface area (Å²) in [6.45, 7) is 5.85. The summed E-state index contributed by atoms with van der Waals surface area (Å²) in [6, 6.07) is 5.45. The number of nitrogens with zero attached hydrogens (tertiary/aromatic N) is 2. The highest BCUT2D eigenvalue weighted by atomic mass is 79.9. The fourth-order valence-electron chi connectivity index (χ4n) is 1.96. The summed E-state index contributed by atoms with van der Waals surface area (Å²) in [5, 5.41) is 2.86. The topological polar surface area (TPSA) is 72.9 Å². The van der Waals surface area contributed by atoms with E-state index in [0.29, 0.717) is 17.1 Å². The van der Waals surface area contributed by atoms with Crippen LogP contribution in [0.2, 0.25) is 0 Å². The maximum atomic E-state index is 12.4. The molecule has 0 radical (unpaired) electrons. The van der Waals surface area contributed by atoms with Crippen molar-refractivity contribution < 1.29 is 4.79 Å². The molecule has 2 heterocycles. The van der Waals surface area contributed by atoms with Crippen molar-refractivity contribution in [2.24, 2.45) is 0 Å². The molecule has 2 aromatic heterocycles. The molecule has 0 aromatic carbocycles. The number of pyridine rings is 1. The molecule has 0 bridgehead atoms. The zero-order valence-corrected chi connectivity index (χ0v) is 13.2. The second-order valence-corrected chi connectivity index (χ2v) is 5.69. The van der Waals surface area contributed by atoms with Gasteiger partial charge in [-0.05, 0) is 54.9 Å². The van der Waals surface area contributed by atoms with Crippen molar-refractivity contribution in [3.8, 4) is 0 Å². The van der Waals surface area contributed by atoms with Gasteiger partial charge >= 0.3 is 0 Å². The number of halogens is 1. The SMILES string of the molecule is Cc1nc(Br)ccc1NC(=O)c1cc(N)cn1C(C)C. The van der Waals surface area contributed by atoms with Gasteiger partial charge in [0.05, 0.1) is 17.1 Å². The Labute approximate surface area is 126 Å². The number of nitrogens with two attached hydrogens (primary N) is 1. The highest BCUT2D eigenvalue weighted by Gasteiger charge is 2.16. The molecule has 0 aliphatic carbocycles. The molecule has 6 heteroatoms. The maximum Gasteiger partial charge on any atom is 0.272 e. The third-order valence-electron chi connectivity index (χ3n) is 2.96. The average molecular weight is 337 g/mol. The summed E-state index contributed by atoms with van der Waals surface area (Å²) >= 11 is 3.30. The van der Waals surface area contributed by atoms with Gasteiger partial charge in [-0.2, -0.15) is 0 Å². The molecule has 0 aliphatic rings. The molecule has 1 amide bonds. The van der Waals surface area contributed by atoms with Crippen molar-refractivity contribution in [3.63, 3.8) is 0 Å². The molecule has 0 aliphatic heterocycles. The van der Waals surface area contributed by atoms with E-state index in [0.717, 1.165) is 10.3 Å². The first-order chi connectivity index (χ1) is 9.38. The van der Waals surface area contributed by atoms with Gasteiger partial charge in [0, 0.05) is 12.2 Å². The van der Waals surface area contributed by atoms with Crippen LogP contribution in [0.25, 0.3) is 0 Å². The van der Waals surface area contributed by atoms with E-state index in [2.05, 4.69) is 26.2 Å². The Morgan fingerprint density at radius 3 is 2.75 bits per heavy atom. The van der Waals surface area contributed by atoms with E-state index < -0.39 is 0 Å². The summed E-state index contributed by atoms with van der Waals surface area (Å²) in [6.07, 6.45) is 1.77. The van der Waals surface area contributed by atoms with E-state index in [4.69, 9.17) is 5.73 Å². The first kappa shape index (κ1) is 14.6. The maximum absolute atomic E-state index is 12.4. The number of carbonyl (C=O) groups excluding carboxylic acids is 1. The number of nitrogens with one attached hydrogen (secondary N) is 1. The number of anilines is 2. The minimum absolute atomic E-state index is 0.164. The highest BCUT2D eigenvalue weighted by Crippen LogP contribution is 2.20. The molecule has 20 heavy (non-hydrogen) atoms. The third-order valence-corrected chi connectivity index (χ3v) is 3.40. The minimum atomic E-state index is -0.192. The lowest BCUT2D eigenvalue weighted by molar-refractivity contribution is 0.101. The lowest BCUT2D eigenvalue weighted by Crippen LogP contribution is -2.18. The normalized spacial score (nSPS) is 10.8. The van der Waals surface area contributed by atoms with Crippen LogP contribution in [0, 0.1) is 6.92 Å². The van der Waals surface area contributed by atoms with E-state index in [1.54, 1.807) is 18.3 Å². The first-order valence-electron chi connectivity index (χ1n) is 6.30. The number of hydrogen-bond acceptors (Lipinski definition) is 3. The van der Waals surface area contributed by atoms with Crippen LogP contribution in [-0.2, 0) is 0 Å². The fourth-order valence-corrected chi connectivity index (χ4v) is 2.36. The Hall–Kier alpha value is -1.82. The molecule has 5 nitrogen and oxygen atoms in total. The number of rotatable bonds is 3. The number of hydrogen-bond donors (Lipinski definition) is 2. The first-order valence-corrected chi connectivity index (χ1v) is 7.09. The highest BCUT2D eigenvalue weighted by molar-refractivity contribution is 9.10. The zero-order valence-electron chi connectivity index (χ0n) is 11.6. The number of nitrogen functional groups attached to an aromatic ring is 1. The van der Waals surface area contributed by atoms with Gasteiger partial charge in [0.1, 0.15) is 10.3 Å². The second-order valence-electron chi connectivity index (χ2n) is 4.88. The van der Waals surface area contributed by atoms with E-state index in [-0.39, 0.29) is 11.9 Å². The lowest BCUT2D eigenvalue weighted by atomic mass is 10.3. The van der Waals surface area contributed by atoms with Crippen LogP contribution < -0.4 is 11.1 Å². The second kappa shape index (κ2) is 5.66. The minimum Gasteiger partial charge on any atom is -0.397 e. The quantitative estimate of drug-likeness (QED) is 0.844. The average Bonchev–Trinajstić information content (AvgIpc) is 2.75. The Bertz CT molecular complexity index is 649. The lowest BCUT2D eigenvalue weighted by Gasteiger charge is -2.13. The molecule has 106 valence electrons. The van der Waals surface area contributed by atoms with Gasteiger partial charge in [-0.25, -0.2) is 4.98 Å². The Morgan fingerprint density at radius 2 is 2.15 bits per heavy atom. The predicted octanol–water partition coefficient (Wildman–Crippen LogP) is 3.37. The molecule has 0 unspecified atom stereocenters. The predicted molar refractivity (Wildman–Crippen MR) is 83.9 cm³/mol. The standard InChI is InChI=1S/C14H17BrN4O/c1-8(2)19-7-10(16)6-12(19)14(20)18-11-4-5-13(15)17-9(11)3/h4-8H,16H2,1-3H3,(H,18,20). The van der Waals surface area contributed by atoms with Crippen molar-refractivity contribution in [2.75, 3.05) is 11.1 Å². The smallest absolute Gasteiger partial charge is 0.272 e. The van der Waals surface area contributed by atoms with Crippen molar-refractivity contribution in [3.05, 3.63) is 40.4 Å². The molecule has 0 saturated heterocycles. The summed E-state index contributed by atoms with van der Waals surface area (Å²) in [4.78, 5) is 16.6. The number of aryl methyl sites for hydroxylation is 1. The fraction of sp³-hybridized carbons (Fsp3) is 0.286. The number of carbonyl (C=O) groups is 1. The molecule has 0 fully saturated rings. The molecule has 2 rings (SSSR count). The molecule has 0 atom stereocenters. The van der Waals surface area contributed by atoms with Crippen LogP contribution in [0.3, 0.4) is 0 Å². The van der Waals surface area contributed by atoms with E-state index >= 15 is 0 Å². The number of amides is 1. The monoisotopic (exact) mass is 336 g/mol. The summed E-state index contributed by atoms with van der Waals surface area (Å²) in [5.74, 6) is -0.192. The van der Waals surface area contributed by atoms with Crippen LogP contribution >= 0.6 is 15.9 Å². The van der Waals surface area contributed by atoms with Crippen LogP contribution in [0.15, 0.2) is 29.0 Å². The van der Waals surface area contributed by atoms with Gasteiger partial charge in [-0.1, -0.05) is 0 Å². The van der Waals surface area contributed by atoms with Crippen molar-refractivity contribution in [1.29, 1.82) is 0 Å². The Kier molecular flexibility index (Phi) is 4.13. The summed E-state index contributed by atoms with van der Waals surface area (Å²) in [5.41, 5.74) is 8.34. The molecule has 0 spiro atoms. The molecule has 2 aromatic rings. The van der Waals surface area contributed by atoms with Gasteiger partial charge in [0.2, 0.25) is 0 Å². The molecule has 0 saturated carbocycles. The van der Waals surface area contributed by atoms with Crippen LogP contribution in [-0.4, -0.2) is 15.5 Å². The molecular weight excluding hydrogens is 320 g/mol. The van der Waals surface area contributed by atoms with Crippen molar-refractivity contribution >= 4 is 33.2 Å². The van der Waals surface area contributed by atoms with Crippen molar-refractivity contribution in [1.82, 2.24) is 9.55 Å². The summed E-state index contributed by atoms with van der Waals surface area (Å²) < 4.78 is 2.59. The van der Waals surface area contributed by atoms with E-state index in [1.807, 2.05) is 31.4 Å². The van der Waals surface area contributed by atoms with Gasteiger partial charge in [0.15, 0.2) is 0 Å². The number of aromatic nitrogens is 2. The van der Waals surface area contributed by atoms with Crippen LogP contribution in [0.1, 0.15) is 36.1 Å². The molecule has 3 N–H and O–H groups in total. The van der Waals surface area contributed by atoms with Gasteiger partial charge in [0.25, 0.3) is 5.91 Å². The largest absolute Gasteiger partial charge is 0.397 e. The van der Waals surface area contributed by atoms with Gasteiger partial charge < -0.3 is 15.6 Å².